The van der Waals surface area contributed by atoms with Gasteiger partial charge in [-0.2, -0.15) is 4.68 Å². The van der Waals surface area contributed by atoms with Crippen LogP contribution in [-0.2, 0) is 18.0 Å². The second kappa shape index (κ2) is 4.79. The van der Waals surface area contributed by atoms with Crippen LogP contribution in [0, 0.1) is 0 Å². The van der Waals surface area contributed by atoms with E-state index in [0.717, 1.165) is 22.3 Å². The van der Waals surface area contributed by atoms with E-state index in [9.17, 15) is 0 Å². The van der Waals surface area contributed by atoms with E-state index in [1.165, 1.54) is 0 Å². The van der Waals surface area contributed by atoms with Gasteiger partial charge in [0.1, 0.15) is 18.1 Å². The van der Waals surface area contributed by atoms with Crippen LogP contribution in [0.15, 0.2) is 28.7 Å². The lowest BCUT2D eigenvalue weighted by atomic mass is 10.1. The van der Waals surface area contributed by atoms with E-state index in [1.807, 2.05) is 24.3 Å². The van der Waals surface area contributed by atoms with Gasteiger partial charge in [-0.05, 0) is 34.7 Å². The molecule has 0 spiro atoms. The summed E-state index contributed by atoms with van der Waals surface area (Å²) < 4.78 is 12.2. The van der Waals surface area contributed by atoms with Crippen molar-refractivity contribution in [2.24, 2.45) is 5.73 Å². The molecule has 0 fully saturated rings. The molecule has 3 rings (SSSR count). The molecular formula is C12H13N5O2. The zero-order valence-corrected chi connectivity index (χ0v) is 10.4. The Morgan fingerprint density at radius 3 is 3.05 bits per heavy atom. The number of ether oxygens (including phenoxy) is 1. The SMILES string of the molecule is COCn1nnnc1-c1ccc2oc(CN)cc2c1. The molecule has 2 N–H and O–H groups in total. The molecule has 0 saturated carbocycles. The largest absolute Gasteiger partial charge is 0.460 e. The van der Waals surface area contributed by atoms with Crippen LogP contribution in [0.2, 0.25) is 0 Å². The lowest BCUT2D eigenvalue weighted by Gasteiger charge is -2.02. The van der Waals surface area contributed by atoms with Gasteiger partial charge in [-0.25, -0.2) is 0 Å². The minimum atomic E-state index is 0.305. The lowest BCUT2D eigenvalue weighted by Crippen LogP contribution is -2.04. The highest BCUT2D eigenvalue weighted by atomic mass is 16.5. The Hall–Kier alpha value is -2.25. The number of aromatic nitrogens is 4. The summed E-state index contributed by atoms with van der Waals surface area (Å²) >= 11 is 0. The van der Waals surface area contributed by atoms with Crippen molar-refractivity contribution in [2.45, 2.75) is 13.3 Å². The molecule has 19 heavy (non-hydrogen) atoms. The normalized spacial score (nSPS) is 11.3. The zero-order valence-electron chi connectivity index (χ0n) is 10.4. The summed E-state index contributed by atoms with van der Waals surface area (Å²) in [4.78, 5) is 0. The van der Waals surface area contributed by atoms with Crippen LogP contribution in [0.25, 0.3) is 22.4 Å². The Balaban J connectivity index is 2.06. The van der Waals surface area contributed by atoms with Crippen LogP contribution >= 0.6 is 0 Å². The predicted molar refractivity (Wildman–Crippen MR) is 67.9 cm³/mol. The van der Waals surface area contributed by atoms with Gasteiger partial charge < -0.3 is 14.9 Å². The van der Waals surface area contributed by atoms with Gasteiger partial charge in [-0.15, -0.1) is 5.10 Å². The van der Waals surface area contributed by atoms with Crippen LogP contribution in [0.4, 0.5) is 0 Å². The van der Waals surface area contributed by atoms with Gasteiger partial charge in [0.2, 0.25) is 0 Å². The van der Waals surface area contributed by atoms with Gasteiger partial charge in [0, 0.05) is 18.1 Å². The lowest BCUT2D eigenvalue weighted by molar-refractivity contribution is 0.120. The molecule has 98 valence electrons. The summed E-state index contributed by atoms with van der Waals surface area (Å²) in [5.74, 6) is 1.41. The number of fused-ring (bicyclic) bond motifs is 1. The van der Waals surface area contributed by atoms with E-state index >= 15 is 0 Å². The summed E-state index contributed by atoms with van der Waals surface area (Å²) in [7, 11) is 1.60. The van der Waals surface area contributed by atoms with E-state index < -0.39 is 0 Å². The minimum Gasteiger partial charge on any atom is -0.460 e. The summed E-state index contributed by atoms with van der Waals surface area (Å²) in [5.41, 5.74) is 7.27. The molecular weight excluding hydrogens is 246 g/mol. The molecule has 2 heterocycles. The highest BCUT2D eigenvalue weighted by molar-refractivity contribution is 5.82. The molecule has 0 atom stereocenters. The van der Waals surface area contributed by atoms with Gasteiger partial charge in [0.05, 0.1) is 6.54 Å². The first-order valence-electron chi connectivity index (χ1n) is 5.80. The Bertz CT molecular complexity index is 703. The Morgan fingerprint density at radius 2 is 2.26 bits per heavy atom. The average Bonchev–Trinajstić information content (AvgIpc) is 3.03. The van der Waals surface area contributed by atoms with Crippen molar-refractivity contribution in [1.82, 2.24) is 20.2 Å². The van der Waals surface area contributed by atoms with Crippen molar-refractivity contribution in [2.75, 3.05) is 7.11 Å². The number of methoxy groups -OCH3 is 1. The molecule has 0 saturated heterocycles. The standard InChI is InChI=1S/C12H13N5O2/c1-18-7-17-12(14-15-16-17)8-2-3-11-9(4-8)5-10(6-13)19-11/h2-5H,6-7,13H2,1H3. The number of tetrazole rings is 1. The van der Waals surface area contributed by atoms with E-state index in [1.54, 1.807) is 11.8 Å². The van der Waals surface area contributed by atoms with Crippen molar-refractivity contribution >= 4 is 11.0 Å². The highest BCUT2D eigenvalue weighted by Crippen LogP contribution is 2.25. The monoisotopic (exact) mass is 259 g/mol. The number of benzene rings is 1. The Morgan fingerprint density at radius 1 is 1.37 bits per heavy atom. The van der Waals surface area contributed by atoms with Crippen molar-refractivity contribution in [1.29, 1.82) is 0 Å². The Labute approximate surface area is 108 Å². The predicted octanol–water partition coefficient (Wildman–Crippen LogP) is 1.15. The third kappa shape index (κ3) is 2.09. The smallest absolute Gasteiger partial charge is 0.184 e. The molecule has 7 nitrogen and oxygen atoms in total. The number of nitrogens with zero attached hydrogens (tertiary/aromatic N) is 4. The molecule has 7 heteroatoms. The molecule has 0 amide bonds. The third-order valence-corrected chi connectivity index (χ3v) is 2.81. The number of furan rings is 1. The van der Waals surface area contributed by atoms with E-state index in [2.05, 4.69) is 15.5 Å². The van der Waals surface area contributed by atoms with Crippen molar-refractivity contribution in [3.8, 4) is 11.4 Å². The van der Waals surface area contributed by atoms with Gasteiger partial charge in [0.25, 0.3) is 0 Å². The maximum absolute atomic E-state index is 5.56. The quantitative estimate of drug-likeness (QED) is 0.755. The number of hydrogen-bond acceptors (Lipinski definition) is 6. The number of hydrogen-bond donors (Lipinski definition) is 1. The summed E-state index contributed by atoms with van der Waals surface area (Å²) in [6.07, 6.45) is 0. The maximum atomic E-state index is 5.56. The molecule has 1 aromatic carbocycles. The van der Waals surface area contributed by atoms with Crippen LogP contribution in [0.3, 0.4) is 0 Å². The van der Waals surface area contributed by atoms with Gasteiger partial charge in [0.15, 0.2) is 5.82 Å². The van der Waals surface area contributed by atoms with Crippen molar-refractivity contribution in [3.63, 3.8) is 0 Å². The van der Waals surface area contributed by atoms with Crippen molar-refractivity contribution < 1.29 is 9.15 Å². The van der Waals surface area contributed by atoms with Crippen LogP contribution in [0.1, 0.15) is 5.76 Å². The van der Waals surface area contributed by atoms with Crippen LogP contribution in [0.5, 0.6) is 0 Å². The number of nitrogens with two attached hydrogens (primary N) is 1. The Kier molecular flexibility index (Phi) is 2.98. The fourth-order valence-corrected chi connectivity index (χ4v) is 1.96. The average molecular weight is 259 g/mol. The summed E-state index contributed by atoms with van der Waals surface area (Å²) in [5, 5.41) is 12.5. The first-order chi connectivity index (χ1) is 9.31. The highest BCUT2D eigenvalue weighted by Gasteiger charge is 2.10. The zero-order chi connectivity index (χ0) is 13.2. The molecule has 2 aromatic heterocycles. The molecule has 0 bridgehead atoms. The van der Waals surface area contributed by atoms with Crippen LogP contribution in [-0.4, -0.2) is 27.3 Å². The van der Waals surface area contributed by atoms with Crippen molar-refractivity contribution in [3.05, 3.63) is 30.0 Å². The summed E-state index contributed by atoms with van der Waals surface area (Å²) in [6.45, 7) is 0.686. The first kappa shape index (κ1) is 11.8. The molecule has 0 aliphatic carbocycles. The minimum absolute atomic E-state index is 0.305. The summed E-state index contributed by atoms with van der Waals surface area (Å²) in [6, 6.07) is 7.68. The fourth-order valence-electron chi connectivity index (χ4n) is 1.96. The van der Waals surface area contributed by atoms with Gasteiger partial charge >= 0.3 is 0 Å². The molecule has 0 aliphatic heterocycles. The molecule has 0 radical (unpaired) electrons. The molecule has 0 aliphatic rings. The first-order valence-corrected chi connectivity index (χ1v) is 5.80. The topological polar surface area (TPSA) is 92.0 Å². The maximum Gasteiger partial charge on any atom is 0.184 e. The number of rotatable bonds is 4. The van der Waals surface area contributed by atoms with E-state index in [0.29, 0.717) is 19.1 Å². The fraction of sp³-hybridized carbons (Fsp3) is 0.250. The van der Waals surface area contributed by atoms with E-state index in [4.69, 9.17) is 14.9 Å². The van der Waals surface area contributed by atoms with Gasteiger partial charge in [-0.3, -0.25) is 0 Å². The second-order valence-corrected chi connectivity index (χ2v) is 4.09. The van der Waals surface area contributed by atoms with Crippen LogP contribution < -0.4 is 5.73 Å². The van der Waals surface area contributed by atoms with Gasteiger partial charge in [-0.1, -0.05) is 0 Å². The molecule has 0 unspecified atom stereocenters. The molecule has 3 aromatic rings. The third-order valence-electron chi connectivity index (χ3n) is 2.81. The van der Waals surface area contributed by atoms with E-state index in [-0.39, 0.29) is 0 Å². The second-order valence-electron chi connectivity index (χ2n) is 4.09.